The highest BCUT2D eigenvalue weighted by Crippen LogP contribution is 2.32. The molecule has 0 bridgehead atoms. The zero-order valence-corrected chi connectivity index (χ0v) is 20.3. The molecule has 0 unspecified atom stereocenters. The number of aryl methyl sites for hydroxylation is 1. The summed E-state index contributed by atoms with van der Waals surface area (Å²) in [4.78, 5) is 25.8. The summed E-state index contributed by atoms with van der Waals surface area (Å²) in [5.74, 6) is -0.113. The molecule has 0 fully saturated rings. The van der Waals surface area contributed by atoms with Crippen LogP contribution < -0.4 is 14.9 Å². The second-order valence-corrected chi connectivity index (χ2v) is 8.88. The van der Waals surface area contributed by atoms with Crippen LogP contribution >= 0.6 is 34.8 Å². The summed E-state index contributed by atoms with van der Waals surface area (Å²) >= 11 is 18.0. The fourth-order valence-electron chi connectivity index (χ4n) is 3.33. The van der Waals surface area contributed by atoms with Crippen molar-refractivity contribution < 1.29 is 18.7 Å². The highest BCUT2D eigenvalue weighted by Gasteiger charge is 2.20. The Kier molecular flexibility index (Phi) is 7.47. The van der Waals surface area contributed by atoms with Gasteiger partial charge in [0, 0.05) is 22.0 Å². The number of rotatable bonds is 7. The average molecular weight is 518 g/mol. The average Bonchev–Trinajstić information content (AvgIpc) is 2.80. The first-order valence-electron chi connectivity index (χ1n) is 10.4. The van der Waals surface area contributed by atoms with Crippen LogP contribution in [0.15, 0.2) is 69.9 Å². The van der Waals surface area contributed by atoms with Crippen molar-refractivity contribution in [3.63, 3.8) is 0 Å². The smallest absolute Gasteiger partial charge is 0.311 e. The van der Waals surface area contributed by atoms with Crippen molar-refractivity contribution >= 4 is 51.7 Å². The van der Waals surface area contributed by atoms with Crippen molar-refractivity contribution in [1.29, 1.82) is 0 Å². The van der Waals surface area contributed by atoms with E-state index in [-0.39, 0.29) is 24.5 Å². The van der Waals surface area contributed by atoms with E-state index < -0.39 is 11.4 Å². The van der Waals surface area contributed by atoms with Crippen LogP contribution in [0.4, 0.5) is 0 Å². The SMILES string of the molecule is Cc1ccc2oc(-c3ccc(Cl)cc3)c(OC(=O)CCCOc3ccc(Cl)cc3Cl)c(=O)c2c1. The fourth-order valence-corrected chi connectivity index (χ4v) is 3.92. The molecule has 1 aromatic heterocycles. The van der Waals surface area contributed by atoms with Crippen molar-refractivity contribution in [2.24, 2.45) is 0 Å². The van der Waals surface area contributed by atoms with E-state index in [2.05, 4.69) is 0 Å². The predicted molar refractivity (Wildman–Crippen MR) is 134 cm³/mol. The number of carbonyl (C=O) groups is 1. The number of hydrogen-bond acceptors (Lipinski definition) is 5. The Balaban J connectivity index is 1.54. The summed E-state index contributed by atoms with van der Waals surface area (Å²) in [6, 6.07) is 16.9. The molecule has 4 aromatic rings. The van der Waals surface area contributed by atoms with Crippen LogP contribution in [0.1, 0.15) is 18.4 Å². The Morgan fingerprint density at radius 3 is 2.41 bits per heavy atom. The third-order valence-corrected chi connectivity index (χ3v) is 5.79. The first-order chi connectivity index (χ1) is 16.3. The first kappa shape index (κ1) is 24.1. The molecule has 4 rings (SSSR count). The van der Waals surface area contributed by atoms with E-state index in [1.807, 2.05) is 13.0 Å². The van der Waals surface area contributed by atoms with Crippen LogP contribution in [0, 0.1) is 6.92 Å². The molecule has 8 heteroatoms. The Morgan fingerprint density at radius 2 is 1.68 bits per heavy atom. The topological polar surface area (TPSA) is 65.7 Å². The van der Waals surface area contributed by atoms with Gasteiger partial charge in [-0.2, -0.15) is 0 Å². The molecule has 0 atom stereocenters. The number of ether oxygens (including phenoxy) is 2. The summed E-state index contributed by atoms with van der Waals surface area (Å²) in [6.45, 7) is 2.09. The van der Waals surface area contributed by atoms with E-state index in [4.69, 9.17) is 48.7 Å². The standard InChI is InChI=1S/C26H19Cl3O5/c1-15-4-10-21-19(13-15)24(31)26(25(33-21)16-5-7-17(27)8-6-16)34-23(30)3-2-12-32-22-11-9-18(28)14-20(22)29/h4-11,13-14H,2-3,12H2,1H3. The highest BCUT2D eigenvalue weighted by atomic mass is 35.5. The molecule has 0 amide bonds. The Hall–Kier alpha value is -2.99. The predicted octanol–water partition coefficient (Wildman–Crippen LogP) is 7.49. The molecular weight excluding hydrogens is 499 g/mol. The molecule has 3 aromatic carbocycles. The van der Waals surface area contributed by atoms with Crippen LogP contribution in [0.3, 0.4) is 0 Å². The summed E-state index contributed by atoms with van der Waals surface area (Å²) in [6.07, 6.45) is 0.378. The Bertz CT molecular complexity index is 1410. The largest absolute Gasteiger partial charge is 0.492 e. The quantitative estimate of drug-likeness (QED) is 0.188. The summed E-state index contributed by atoms with van der Waals surface area (Å²) in [5.41, 5.74) is 1.42. The monoisotopic (exact) mass is 516 g/mol. The van der Waals surface area contributed by atoms with Gasteiger partial charge in [-0.05, 0) is 67.9 Å². The maximum absolute atomic E-state index is 13.2. The lowest BCUT2D eigenvalue weighted by Crippen LogP contribution is -2.17. The van der Waals surface area contributed by atoms with Crippen molar-refractivity contribution in [2.75, 3.05) is 6.61 Å². The second kappa shape index (κ2) is 10.5. The van der Waals surface area contributed by atoms with Gasteiger partial charge >= 0.3 is 5.97 Å². The van der Waals surface area contributed by atoms with E-state index in [1.54, 1.807) is 54.6 Å². The summed E-state index contributed by atoms with van der Waals surface area (Å²) in [5, 5.41) is 1.75. The van der Waals surface area contributed by atoms with Crippen LogP contribution in [0.5, 0.6) is 11.5 Å². The molecule has 5 nitrogen and oxygen atoms in total. The number of benzene rings is 3. The van der Waals surface area contributed by atoms with Crippen molar-refractivity contribution in [1.82, 2.24) is 0 Å². The van der Waals surface area contributed by atoms with Gasteiger partial charge in [0.1, 0.15) is 11.3 Å². The molecule has 1 heterocycles. The molecule has 174 valence electrons. The maximum atomic E-state index is 13.2. The third kappa shape index (κ3) is 5.55. The molecule has 34 heavy (non-hydrogen) atoms. The Morgan fingerprint density at radius 1 is 0.941 bits per heavy atom. The maximum Gasteiger partial charge on any atom is 0.311 e. The highest BCUT2D eigenvalue weighted by molar-refractivity contribution is 6.35. The number of fused-ring (bicyclic) bond motifs is 1. The number of esters is 1. The lowest BCUT2D eigenvalue weighted by Gasteiger charge is -2.11. The fraction of sp³-hybridized carbons (Fsp3) is 0.154. The van der Waals surface area contributed by atoms with Gasteiger partial charge in [-0.25, -0.2) is 0 Å². The van der Waals surface area contributed by atoms with Gasteiger partial charge in [0.15, 0.2) is 5.76 Å². The molecule has 0 aliphatic rings. The zero-order chi connectivity index (χ0) is 24.2. The number of halogens is 3. The van der Waals surface area contributed by atoms with Crippen LogP contribution in [-0.2, 0) is 4.79 Å². The van der Waals surface area contributed by atoms with Crippen LogP contribution in [0.25, 0.3) is 22.3 Å². The molecular formula is C26H19Cl3O5. The minimum Gasteiger partial charge on any atom is -0.492 e. The van der Waals surface area contributed by atoms with E-state index in [0.717, 1.165) is 5.56 Å². The lowest BCUT2D eigenvalue weighted by atomic mass is 10.1. The van der Waals surface area contributed by atoms with Gasteiger partial charge in [-0.1, -0.05) is 46.4 Å². The van der Waals surface area contributed by atoms with Gasteiger partial charge in [0.05, 0.1) is 17.0 Å². The van der Waals surface area contributed by atoms with Gasteiger partial charge < -0.3 is 13.9 Å². The van der Waals surface area contributed by atoms with Crippen LogP contribution in [-0.4, -0.2) is 12.6 Å². The Labute approximate surface area is 210 Å². The van der Waals surface area contributed by atoms with E-state index in [0.29, 0.717) is 43.8 Å². The van der Waals surface area contributed by atoms with Gasteiger partial charge in [-0.15, -0.1) is 0 Å². The molecule has 0 aliphatic carbocycles. The lowest BCUT2D eigenvalue weighted by molar-refractivity contribution is -0.134. The normalized spacial score (nSPS) is 10.9. The zero-order valence-electron chi connectivity index (χ0n) is 18.1. The summed E-state index contributed by atoms with van der Waals surface area (Å²) < 4.78 is 17.1. The van der Waals surface area contributed by atoms with Gasteiger partial charge in [0.2, 0.25) is 11.2 Å². The molecule has 0 radical (unpaired) electrons. The molecule has 0 spiro atoms. The van der Waals surface area contributed by atoms with Gasteiger partial charge in [0.25, 0.3) is 0 Å². The third-order valence-electron chi connectivity index (χ3n) is 5.00. The van der Waals surface area contributed by atoms with Crippen molar-refractivity contribution in [3.8, 4) is 22.8 Å². The molecule has 0 saturated carbocycles. The summed E-state index contributed by atoms with van der Waals surface area (Å²) in [7, 11) is 0. The van der Waals surface area contributed by atoms with Gasteiger partial charge in [-0.3, -0.25) is 9.59 Å². The first-order valence-corrected chi connectivity index (χ1v) is 11.6. The van der Waals surface area contributed by atoms with E-state index in [9.17, 15) is 9.59 Å². The minimum atomic E-state index is -0.583. The molecule has 0 saturated heterocycles. The molecule has 0 aliphatic heterocycles. The number of hydrogen-bond donors (Lipinski definition) is 0. The minimum absolute atomic E-state index is 0.0244. The van der Waals surface area contributed by atoms with Crippen LogP contribution in [0.2, 0.25) is 15.1 Å². The number of carbonyl (C=O) groups excluding carboxylic acids is 1. The van der Waals surface area contributed by atoms with E-state index in [1.165, 1.54) is 0 Å². The van der Waals surface area contributed by atoms with Crippen molar-refractivity contribution in [3.05, 3.63) is 91.5 Å². The van der Waals surface area contributed by atoms with E-state index >= 15 is 0 Å². The molecule has 0 N–H and O–H groups in total. The van der Waals surface area contributed by atoms with Crippen molar-refractivity contribution in [2.45, 2.75) is 19.8 Å². The second-order valence-electron chi connectivity index (χ2n) is 7.60.